The van der Waals surface area contributed by atoms with Crippen LogP contribution in [0.2, 0.25) is 0 Å². The molecule has 0 spiro atoms. The van der Waals surface area contributed by atoms with Crippen LogP contribution in [0.1, 0.15) is 10.4 Å². The van der Waals surface area contributed by atoms with Crippen LogP contribution in [0.25, 0.3) is 0 Å². The van der Waals surface area contributed by atoms with Crippen molar-refractivity contribution in [1.29, 1.82) is 0 Å². The fourth-order valence-corrected chi connectivity index (χ4v) is 1.54. The topological polar surface area (TPSA) is 85.1 Å². The maximum atomic E-state index is 11.6. The molecule has 17 heavy (non-hydrogen) atoms. The summed E-state index contributed by atoms with van der Waals surface area (Å²) in [5.74, 6) is -0.913. The van der Waals surface area contributed by atoms with Crippen LogP contribution >= 0.6 is 36.6 Å². The summed E-state index contributed by atoms with van der Waals surface area (Å²) < 4.78 is 0. The van der Waals surface area contributed by atoms with Gasteiger partial charge in [0.1, 0.15) is 5.03 Å². The van der Waals surface area contributed by atoms with E-state index in [1.165, 1.54) is 11.8 Å². The maximum Gasteiger partial charge on any atom is 0.254 e. The van der Waals surface area contributed by atoms with Crippen molar-refractivity contribution in [3.05, 3.63) is 23.9 Å². The third-order valence-corrected chi connectivity index (χ3v) is 2.34. The number of rotatable bonds is 4. The molecule has 0 atom stereocenters. The molecule has 0 fully saturated rings. The monoisotopic (exact) mass is 297 g/mol. The highest BCUT2D eigenvalue weighted by Crippen LogP contribution is 2.16. The second-order valence-electron chi connectivity index (χ2n) is 2.71. The predicted octanol–water partition coefficient (Wildman–Crippen LogP) is 0.862. The number of aromatic nitrogens is 1. The first kappa shape index (κ1) is 18.4. The van der Waals surface area contributed by atoms with Gasteiger partial charge in [-0.25, -0.2) is 4.98 Å². The number of carbonyl (C=O) groups is 2. The highest BCUT2D eigenvalue weighted by Gasteiger charge is 2.11. The van der Waals surface area contributed by atoms with Crippen molar-refractivity contribution in [1.82, 2.24) is 10.3 Å². The number of hydrogen-bond donors (Lipinski definition) is 2. The number of primary amides is 1. The second-order valence-corrected chi connectivity index (χ2v) is 3.50. The van der Waals surface area contributed by atoms with Gasteiger partial charge in [0.05, 0.1) is 12.1 Å². The Kier molecular flexibility index (Phi) is 9.83. The van der Waals surface area contributed by atoms with Gasteiger partial charge in [-0.05, 0) is 18.4 Å². The summed E-state index contributed by atoms with van der Waals surface area (Å²) >= 11 is 1.37. The van der Waals surface area contributed by atoms with E-state index < -0.39 is 5.91 Å². The Bertz CT molecular complexity index is 390. The SMILES string of the molecule is CSc1ncccc1C(=O)NCC(N)=O.Cl.Cl. The molecule has 3 N–H and O–H groups in total. The van der Waals surface area contributed by atoms with Crippen LogP contribution < -0.4 is 11.1 Å². The average Bonchev–Trinajstić information content (AvgIpc) is 2.25. The van der Waals surface area contributed by atoms with Crippen molar-refractivity contribution in [3.63, 3.8) is 0 Å². The summed E-state index contributed by atoms with van der Waals surface area (Å²) in [6, 6.07) is 3.31. The van der Waals surface area contributed by atoms with Crippen LogP contribution in [-0.4, -0.2) is 29.6 Å². The molecule has 96 valence electrons. The largest absolute Gasteiger partial charge is 0.368 e. The summed E-state index contributed by atoms with van der Waals surface area (Å²) in [6.07, 6.45) is 3.43. The van der Waals surface area contributed by atoms with Crippen LogP contribution in [0.15, 0.2) is 23.4 Å². The molecular weight excluding hydrogens is 285 g/mol. The number of nitrogens with two attached hydrogens (primary N) is 1. The standard InChI is InChI=1S/C9H11N3O2S.2ClH/c1-15-9-6(3-2-4-11-9)8(14)12-5-7(10)13;;/h2-4H,5H2,1H3,(H2,10,13)(H,12,14);2*1H. The van der Waals surface area contributed by atoms with Gasteiger partial charge in [-0.1, -0.05) is 0 Å². The Morgan fingerprint density at radius 2 is 2.12 bits per heavy atom. The third kappa shape index (κ3) is 5.76. The van der Waals surface area contributed by atoms with E-state index >= 15 is 0 Å². The molecule has 1 rings (SSSR count). The van der Waals surface area contributed by atoms with E-state index in [1.807, 2.05) is 6.26 Å². The van der Waals surface area contributed by atoms with E-state index in [0.29, 0.717) is 10.6 Å². The number of pyridine rings is 1. The van der Waals surface area contributed by atoms with Gasteiger partial charge < -0.3 is 11.1 Å². The number of amides is 2. The summed E-state index contributed by atoms with van der Waals surface area (Å²) in [5, 5.41) is 3.03. The molecule has 0 aromatic carbocycles. The molecule has 1 aromatic heterocycles. The molecule has 0 bridgehead atoms. The molecule has 0 unspecified atom stereocenters. The first-order valence-electron chi connectivity index (χ1n) is 4.20. The van der Waals surface area contributed by atoms with E-state index in [4.69, 9.17) is 5.73 Å². The molecule has 0 radical (unpaired) electrons. The minimum absolute atomic E-state index is 0. The number of thioether (sulfide) groups is 1. The third-order valence-electron chi connectivity index (χ3n) is 1.63. The van der Waals surface area contributed by atoms with Crippen molar-refractivity contribution in [2.75, 3.05) is 12.8 Å². The number of hydrogen-bond acceptors (Lipinski definition) is 4. The molecular formula is C9H13Cl2N3O2S. The van der Waals surface area contributed by atoms with Crippen LogP contribution in [0.5, 0.6) is 0 Å². The first-order chi connectivity index (χ1) is 7.15. The lowest BCUT2D eigenvalue weighted by atomic mass is 10.2. The molecule has 0 aliphatic carbocycles. The normalized spacial score (nSPS) is 8.53. The minimum atomic E-state index is -0.571. The van der Waals surface area contributed by atoms with Gasteiger partial charge in [-0.3, -0.25) is 9.59 Å². The van der Waals surface area contributed by atoms with Crippen LogP contribution in [0.3, 0.4) is 0 Å². The van der Waals surface area contributed by atoms with Crippen molar-refractivity contribution in [2.24, 2.45) is 5.73 Å². The Labute approximate surface area is 116 Å². The van der Waals surface area contributed by atoms with Gasteiger partial charge in [0, 0.05) is 6.20 Å². The molecule has 0 aliphatic rings. The Hall–Kier alpha value is -0.980. The van der Waals surface area contributed by atoms with Gasteiger partial charge in [-0.2, -0.15) is 0 Å². The highest BCUT2D eigenvalue weighted by atomic mass is 35.5. The summed E-state index contributed by atoms with van der Waals surface area (Å²) in [6.45, 7) is -0.165. The van der Waals surface area contributed by atoms with Gasteiger partial charge in [0.15, 0.2) is 0 Å². The molecule has 0 saturated heterocycles. The van der Waals surface area contributed by atoms with Crippen molar-refractivity contribution >= 4 is 48.4 Å². The summed E-state index contributed by atoms with van der Waals surface area (Å²) in [7, 11) is 0. The summed E-state index contributed by atoms with van der Waals surface area (Å²) in [4.78, 5) is 26.1. The lowest BCUT2D eigenvalue weighted by molar-refractivity contribution is -0.117. The molecule has 1 aromatic rings. The van der Waals surface area contributed by atoms with Crippen molar-refractivity contribution in [3.8, 4) is 0 Å². The molecule has 1 heterocycles. The smallest absolute Gasteiger partial charge is 0.254 e. The molecule has 8 heteroatoms. The lowest BCUT2D eigenvalue weighted by Crippen LogP contribution is -2.33. The second kappa shape index (κ2) is 9.09. The Balaban J connectivity index is 0. The minimum Gasteiger partial charge on any atom is -0.368 e. The number of nitrogens with zero attached hydrogens (tertiary/aromatic N) is 1. The molecule has 2 amide bonds. The van der Waals surface area contributed by atoms with Crippen LogP contribution in [0, 0.1) is 0 Å². The maximum absolute atomic E-state index is 11.6. The first-order valence-corrected chi connectivity index (χ1v) is 5.43. The number of carbonyl (C=O) groups excluding carboxylic acids is 2. The molecule has 0 aliphatic heterocycles. The van der Waals surface area contributed by atoms with E-state index in [2.05, 4.69) is 10.3 Å². The summed E-state index contributed by atoms with van der Waals surface area (Å²) in [5.41, 5.74) is 5.37. The fourth-order valence-electron chi connectivity index (χ4n) is 0.989. The molecule has 0 saturated carbocycles. The van der Waals surface area contributed by atoms with Crippen LogP contribution in [-0.2, 0) is 4.79 Å². The van der Waals surface area contributed by atoms with E-state index in [-0.39, 0.29) is 37.3 Å². The zero-order valence-corrected chi connectivity index (χ0v) is 11.5. The van der Waals surface area contributed by atoms with E-state index in [0.717, 1.165) is 0 Å². The number of nitrogens with one attached hydrogen (secondary N) is 1. The molecule has 5 nitrogen and oxygen atoms in total. The average molecular weight is 298 g/mol. The lowest BCUT2D eigenvalue weighted by Gasteiger charge is -2.05. The van der Waals surface area contributed by atoms with Gasteiger partial charge >= 0.3 is 0 Å². The highest BCUT2D eigenvalue weighted by molar-refractivity contribution is 7.98. The van der Waals surface area contributed by atoms with E-state index in [9.17, 15) is 9.59 Å². The zero-order chi connectivity index (χ0) is 11.3. The Morgan fingerprint density at radius 3 is 2.65 bits per heavy atom. The zero-order valence-electron chi connectivity index (χ0n) is 9.00. The van der Waals surface area contributed by atoms with Gasteiger partial charge in [0.25, 0.3) is 5.91 Å². The van der Waals surface area contributed by atoms with Crippen molar-refractivity contribution < 1.29 is 9.59 Å². The quantitative estimate of drug-likeness (QED) is 0.807. The predicted molar refractivity (Wildman–Crippen MR) is 72.0 cm³/mol. The Morgan fingerprint density at radius 1 is 1.47 bits per heavy atom. The van der Waals surface area contributed by atoms with Gasteiger partial charge in [-0.15, -0.1) is 36.6 Å². The van der Waals surface area contributed by atoms with Gasteiger partial charge in [0.2, 0.25) is 5.91 Å². The number of halogens is 2. The van der Waals surface area contributed by atoms with E-state index in [1.54, 1.807) is 18.3 Å². The fraction of sp³-hybridized carbons (Fsp3) is 0.222. The van der Waals surface area contributed by atoms with Crippen LogP contribution in [0.4, 0.5) is 0 Å². The van der Waals surface area contributed by atoms with Crippen molar-refractivity contribution in [2.45, 2.75) is 5.03 Å².